The van der Waals surface area contributed by atoms with Crippen molar-refractivity contribution < 1.29 is 50.4 Å². The third kappa shape index (κ3) is 31.4. The average molecular weight is 753 g/mol. The average Bonchev–Trinajstić information content (AvgIpc) is 3.12. The van der Waals surface area contributed by atoms with Crippen molar-refractivity contribution in [2.75, 3.05) is 0 Å². The Morgan fingerprint density at radius 1 is 0.611 bits per heavy atom. The first-order valence-corrected chi connectivity index (χ1v) is 18.7. The van der Waals surface area contributed by atoms with Crippen LogP contribution in [0.1, 0.15) is 90.0 Å². The summed E-state index contributed by atoms with van der Waals surface area (Å²) in [5.74, 6) is -1.72. The van der Waals surface area contributed by atoms with Crippen LogP contribution in [0.4, 0.5) is 0 Å². The van der Waals surface area contributed by atoms with E-state index < -0.39 is 48.1 Å². The van der Waals surface area contributed by atoms with E-state index in [-0.39, 0.29) is 12.8 Å². The zero-order valence-corrected chi connectivity index (χ0v) is 31.9. The van der Waals surface area contributed by atoms with Crippen LogP contribution in [0.15, 0.2) is 128 Å². The number of carboxylic acids is 2. The normalized spacial score (nSPS) is 16.5. The molecule has 1 aromatic carbocycles. The monoisotopic (exact) mass is 752 g/mol. The van der Waals surface area contributed by atoms with E-state index in [2.05, 4.69) is 6.92 Å². The Labute approximate surface area is 321 Å². The molecule has 1 aromatic rings. The van der Waals surface area contributed by atoms with E-state index in [1.54, 1.807) is 104 Å². The van der Waals surface area contributed by atoms with Crippen molar-refractivity contribution in [3.05, 3.63) is 133 Å². The summed E-state index contributed by atoms with van der Waals surface area (Å²) in [5, 5.41) is 76.3. The predicted molar refractivity (Wildman–Crippen MR) is 216 cm³/mol. The number of aliphatic carboxylic acids is 2. The van der Waals surface area contributed by atoms with Crippen molar-refractivity contribution in [2.24, 2.45) is 0 Å². The van der Waals surface area contributed by atoms with Gasteiger partial charge in [0.1, 0.15) is 0 Å². The van der Waals surface area contributed by atoms with Crippen LogP contribution in [0.5, 0.6) is 0 Å². The highest BCUT2D eigenvalue weighted by atomic mass is 16.4. The van der Waals surface area contributed by atoms with Crippen molar-refractivity contribution in [2.45, 2.75) is 127 Å². The second kappa shape index (κ2) is 32.3. The van der Waals surface area contributed by atoms with Gasteiger partial charge >= 0.3 is 11.9 Å². The predicted octanol–water partition coefficient (Wildman–Crippen LogP) is 6.70. The number of aliphatic hydroxyl groups is 6. The fourth-order valence-electron chi connectivity index (χ4n) is 4.72. The van der Waals surface area contributed by atoms with Crippen LogP contribution in [0.3, 0.4) is 0 Å². The van der Waals surface area contributed by atoms with Crippen molar-refractivity contribution in [3.63, 3.8) is 0 Å². The lowest BCUT2D eigenvalue weighted by atomic mass is 9.98. The highest BCUT2D eigenvalue weighted by Crippen LogP contribution is 2.15. The van der Waals surface area contributed by atoms with Gasteiger partial charge < -0.3 is 40.9 Å². The summed E-state index contributed by atoms with van der Waals surface area (Å²) in [6.45, 7) is 3.74. The number of allylic oxidation sites excluding steroid dienone is 12. The number of aliphatic hydroxyl groups excluding tert-OH is 5. The fraction of sp³-hybridized carbons (Fsp3) is 0.455. The molecule has 1 unspecified atom stereocenters. The maximum Gasteiger partial charge on any atom is 0.303 e. The zero-order chi connectivity index (χ0) is 40.5. The maximum atomic E-state index is 10.5. The summed E-state index contributed by atoms with van der Waals surface area (Å²) in [5.41, 5.74) is 0.101. The number of rotatable bonds is 27. The van der Waals surface area contributed by atoms with Crippen LogP contribution < -0.4 is 0 Å². The Morgan fingerprint density at radius 2 is 1.09 bits per heavy atom. The lowest BCUT2D eigenvalue weighted by molar-refractivity contribution is -0.138. The van der Waals surface area contributed by atoms with Crippen LogP contribution in [-0.2, 0) is 16.0 Å². The Morgan fingerprint density at radius 3 is 1.63 bits per heavy atom. The first-order valence-electron chi connectivity index (χ1n) is 18.7. The van der Waals surface area contributed by atoms with Gasteiger partial charge in [-0.05, 0) is 57.4 Å². The quantitative estimate of drug-likeness (QED) is 0.0354. The molecule has 10 heteroatoms. The van der Waals surface area contributed by atoms with Gasteiger partial charge in [-0.15, -0.1) is 0 Å². The third-order valence-electron chi connectivity index (χ3n) is 7.94. The molecule has 0 radical (unpaired) electrons. The fourth-order valence-corrected chi connectivity index (χ4v) is 4.72. The molecule has 0 aliphatic heterocycles. The van der Waals surface area contributed by atoms with Crippen LogP contribution in [0.2, 0.25) is 0 Å². The second-order valence-electron chi connectivity index (χ2n) is 13.1. The lowest BCUT2D eigenvalue weighted by Gasteiger charge is -2.17. The standard InChI is InChI=1S/C23H30O5.C21H34O5/c24-20(14-10-16-23(27)28)13-8-3-1-2-4-9-15-21(25)22(26)18-17-19-11-6-5-7-12-19;1-3-4-9-13-18(22)19(23)14-10-7-5-6-8-11-16-21(2,26)17-12-15-20(24)25/h1-9,11-13,15,20-22,24-26H,10,14,16-18H2,(H,27,28);5-8,10-11,14,16,18-19,22-23,26H,3-4,9,12-13,15,17H2,1-2H3,(H,24,25)/b3-1-,4-2+,13-8+,15-9+;7-5+,8-6-,14-10+,16-11+/t20-,21+,22-;18-,19+,21?/m11/s1. The molecular weight excluding hydrogens is 688 g/mol. The molecule has 54 heavy (non-hydrogen) atoms. The molecule has 0 saturated carbocycles. The molecule has 0 aliphatic rings. The number of unbranched alkanes of at least 4 members (excludes halogenated alkanes) is 2. The minimum atomic E-state index is -1.03. The Hall–Kier alpha value is -4.16. The van der Waals surface area contributed by atoms with Crippen molar-refractivity contribution in [3.8, 4) is 0 Å². The molecule has 0 saturated heterocycles. The van der Waals surface area contributed by atoms with E-state index in [9.17, 15) is 40.2 Å². The Bertz CT molecular complexity index is 1350. The van der Waals surface area contributed by atoms with Gasteiger partial charge in [-0.1, -0.05) is 154 Å². The van der Waals surface area contributed by atoms with E-state index in [0.717, 1.165) is 24.8 Å². The highest BCUT2D eigenvalue weighted by molar-refractivity contribution is 5.66. The SMILES string of the molecule is CCCCC[C@@H](O)[C@@H](O)/C=C/C=C/C=C\C=C\C(C)(O)CCCC(=O)O.O=C(O)CCC[C@H](O)/C=C/C=C\C=C\C=C\[C@H](O)[C@H](O)CCc1ccccc1. The van der Waals surface area contributed by atoms with Crippen LogP contribution in [0, 0.1) is 0 Å². The highest BCUT2D eigenvalue weighted by Gasteiger charge is 2.16. The van der Waals surface area contributed by atoms with Crippen LogP contribution in [0.25, 0.3) is 0 Å². The summed E-state index contributed by atoms with van der Waals surface area (Å²) in [6.07, 6.45) is 29.8. The summed E-state index contributed by atoms with van der Waals surface area (Å²) in [7, 11) is 0. The molecule has 0 aliphatic carbocycles. The second-order valence-corrected chi connectivity index (χ2v) is 13.1. The van der Waals surface area contributed by atoms with Gasteiger partial charge in [0.15, 0.2) is 0 Å². The largest absolute Gasteiger partial charge is 0.481 e. The number of benzene rings is 1. The first-order chi connectivity index (χ1) is 25.8. The Kier molecular flexibility index (Phi) is 29.8. The molecular formula is C44H64O10. The summed E-state index contributed by atoms with van der Waals surface area (Å²) < 4.78 is 0. The summed E-state index contributed by atoms with van der Waals surface area (Å²) in [4.78, 5) is 20.8. The molecule has 0 aromatic heterocycles. The van der Waals surface area contributed by atoms with Gasteiger partial charge in [-0.3, -0.25) is 9.59 Å². The summed E-state index contributed by atoms with van der Waals surface area (Å²) in [6, 6.07) is 9.83. The topological polar surface area (TPSA) is 196 Å². The minimum Gasteiger partial charge on any atom is -0.481 e. The van der Waals surface area contributed by atoms with Crippen LogP contribution in [-0.4, -0.2) is 88.9 Å². The number of carboxylic acid groups (broad SMARTS) is 2. The van der Waals surface area contributed by atoms with Gasteiger partial charge in [0, 0.05) is 12.8 Å². The van der Waals surface area contributed by atoms with Crippen molar-refractivity contribution in [1.82, 2.24) is 0 Å². The molecule has 0 heterocycles. The zero-order valence-electron chi connectivity index (χ0n) is 31.9. The molecule has 0 spiro atoms. The molecule has 300 valence electrons. The lowest BCUT2D eigenvalue weighted by Crippen LogP contribution is -2.24. The molecule has 8 N–H and O–H groups in total. The van der Waals surface area contributed by atoms with Gasteiger partial charge in [-0.2, -0.15) is 0 Å². The van der Waals surface area contributed by atoms with E-state index in [1.807, 2.05) is 30.3 Å². The smallest absolute Gasteiger partial charge is 0.303 e. The molecule has 0 amide bonds. The van der Waals surface area contributed by atoms with Crippen LogP contribution >= 0.6 is 0 Å². The number of aryl methyl sites for hydroxylation is 1. The molecule has 10 nitrogen and oxygen atoms in total. The number of hydrogen-bond donors (Lipinski definition) is 8. The van der Waals surface area contributed by atoms with Crippen molar-refractivity contribution >= 4 is 11.9 Å². The van der Waals surface area contributed by atoms with Gasteiger partial charge in [0.2, 0.25) is 0 Å². The van der Waals surface area contributed by atoms with Gasteiger partial charge in [0.25, 0.3) is 0 Å². The van der Waals surface area contributed by atoms with Gasteiger partial charge in [-0.25, -0.2) is 0 Å². The molecule has 6 atom stereocenters. The van der Waals surface area contributed by atoms with E-state index in [4.69, 9.17) is 10.2 Å². The molecule has 1 rings (SSSR count). The summed E-state index contributed by atoms with van der Waals surface area (Å²) >= 11 is 0. The minimum absolute atomic E-state index is 0.0497. The van der Waals surface area contributed by atoms with Gasteiger partial charge in [0.05, 0.1) is 36.1 Å². The first kappa shape index (κ1) is 49.8. The number of hydrogen-bond acceptors (Lipinski definition) is 8. The number of carbonyl (C=O) groups is 2. The molecule has 0 fully saturated rings. The Balaban J connectivity index is 0.00000104. The third-order valence-corrected chi connectivity index (χ3v) is 7.94. The van der Waals surface area contributed by atoms with E-state index >= 15 is 0 Å². The van der Waals surface area contributed by atoms with Crippen molar-refractivity contribution in [1.29, 1.82) is 0 Å². The molecule has 0 bridgehead atoms. The van der Waals surface area contributed by atoms with E-state index in [1.165, 1.54) is 0 Å². The maximum absolute atomic E-state index is 10.5. The van der Waals surface area contributed by atoms with E-state index in [0.29, 0.717) is 44.9 Å².